The highest BCUT2D eigenvalue weighted by molar-refractivity contribution is 5.45. The van der Waals surface area contributed by atoms with Crippen molar-refractivity contribution in [2.75, 3.05) is 7.05 Å². The summed E-state index contributed by atoms with van der Waals surface area (Å²) in [6.07, 6.45) is 10.3. The van der Waals surface area contributed by atoms with Gasteiger partial charge in [-0.3, -0.25) is 0 Å². The zero-order chi connectivity index (χ0) is 9.52. The van der Waals surface area contributed by atoms with Gasteiger partial charge in [0.1, 0.15) is 6.33 Å². The molecule has 0 aliphatic carbocycles. The van der Waals surface area contributed by atoms with Crippen LogP contribution in [0.25, 0.3) is 6.08 Å². The molecule has 1 aromatic heterocycles. The van der Waals surface area contributed by atoms with E-state index in [9.17, 15) is 0 Å². The fraction of sp³-hybridized carbons (Fsp3) is 0.400. The lowest BCUT2D eigenvalue weighted by Crippen LogP contribution is -2.19. The molecule has 0 amide bonds. The van der Waals surface area contributed by atoms with Crippen molar-refractivity contribution in [3.8, 4) is 0 Å². The molecule has 0 bridgehead atoms. The Morgan fingerprint density at radius 1 is 1.46 bits per heavy atom. The van der Waals surface area contributed by atoms with Crippen molar-refractivity contribution in [2.45, 2.75) is 19.4 Å². The highest BCUT2D eigenvalue weighted by Gasteiger charge is 1.92. The summed E-state index contributed by atoms with van der Waals surface area (Å²) < 4.78 is 0. The highest BCUT2D eigenvalue weighted by atomic mass is 14.8. The van der Waals surface area contributed by atoms with Crippen LogP contribution < -0.4 is 5.32 Å². The number of hydrogen-bond donors (Lipinski definition) is 1. The lowest BCUT2D eigenvalue weighted by Gasteiger charge is -2.04. The normalized spacial score (nSPS) is 13.4. The molecule has 0 aromatic carbocycles. The third-order valence-corrected chi connectivity index (χ3v) is 1.87. The van der Waals surface area contributed by atoms with Gasteiger partial charge in [0.25, 0.3) is 0 Å². The largest absolute Gasteiger partial charge is 0.317 e. The van der Waals surface area contributed by atoms with Gasteiger partial charge in [-0.15, -0.1) is 0 Å². The van der Waals surface area contributed by atoms with E-state index < -0.39 is 0 Å². The summed E-state index contributed by atoms with van der Waals surface area (Å²) in [4.78, 5) is 7.85. The first-order valence-corrected chi connectivity index (χ1v) is 4.41. The molecule has 0 radical (unpaired) electrons. The summed E-state index contributed by atoms with van der Waals surface area (Å²) in [5.74, 6) is 0. The van der Waals surface area contributed by atoms with Crippen molar-refractivity contribution >= 4 is 6.08 Å². The van der Waals surface area contributed by atoms with Crippen molar-refractivity contribution in [1.82, 2.24) is 15.3 Å². The summed E-state index contributed by atoms with van der Waals surface area (Å²) in [5, 5.41) is 3.17. The number of rotatable bonds is 4. The molecule has 0 fully saturated rings. The molecule has 0 unspecified atom stereocenters. The maximum absolute atomic E-state index is 3.92. The molecule has 1 N–H and O–H groups in total. The molecule has 1 atom stereocenters. The number of nitrogens with one attached hydrogen (secondary N) is 1. The predicted octanol–water partition coefficient (Wildman–Crippen LogP) is 1.49. The highest BCUT2D eigenvalue weighted by Crippen LogP contribution is 1.99. The third kappa shape index (κ3) is 3.80. The van der Waals surface area contributed by atoms with Gasteiger partial charge in [0.05, 0.1) is 0 Å². The Balaban J connectivity index is 2.41. The second kappa shape index (κ2) is 5.43. The van der Waals surface area contributed by atoms with Crippen molar-refractivity contribution < 1.29 is 0 Å². The summed E-state index contributed by atoms with van der Waals surface area (Å²) >= 11 is 0. The second-order valence-corrected chi connectivity index (χ2v) is 3.00. The Bertz CT molecular complexity index is 256. The van der Waals surface area contributed by atoms with E-state index in [1.165, 1.54) is 6.33 Å². The molecule has 0 saturated carbocycles. The van der Waals surface area contributed by atoms with Crippen LogP contribution in [-0.2, 0) is 0 Å². The molecule has 3 heteroatoms. The molecule has 1 aromatic rings. The van der Waals surface area contributed by atoms with Crippen molar-refractivity contribution in [3.63, 3.8) is 0 Å². The van der Waals surface area contributed by atoms with Gasteiger partial charge in [0.15, 0.2) is 0 Å². The van der Waals surface area contributed by atoms with E-state index in [2.05, 4.69) is 28.3 Å². The first kappa shape index (κ1) is 9.86. The topological polar surface area (TPSA) is 37.8 Å². The van der Waals surface area contributed by atoms with Crippen LogP contribution in [0.4, 0.5) is 0 Å². The monoisotopic (exact) mass is 177 g/mol. The smallest absolute Gasteiger partial charge is 0.115 e. The van der Waals surface area contributed by atoms with Crippen molar-refractivity contribution in [1.29, 1.82) is 0 Å². The Morgan fingerprint density at radius 2 is 2.15 bits per heavy atom. The Hall–Kier alpha value is -1.22. The number of aromatic nitrogens is 2. The number of nitrogens with zero attached hydrogens (tertiary/aromatic N) is 2. The van der Waals surface area contributed by atoms with Crippen LogP contribution >= 0.6 is 0 Å². The average Bonchev–Trinajstić information content (AvgIpc) is 2.19. The predicted molar refractivity (Wildman–Crippen MR) is 54.2 cm³/mol. The Kier molecular flexibility index (Phi) is 4.12. The maximum Gasteiger partial charge on any atom is 0.115 e. The van der Waals surface area contributed by atoms with E-state index >= 15 is 0 Å². The molecule has 70 valence electrons. The first-order chi connectivity index (χ1) is 6.33. The van der Waals surface area contributed by atoms with Crippen molar-refractivity contribution in [3.05, 3.63) is 30.4 Å². The van der Waals surface area contributed by atoms with Gasteiger partial charge < -0.3 is 5.32 Å². The van der Waals surface area contributed by atoms with Crippen LogP contribution in [0.2, 0.25) is 0 Å². The first-order valence-electron chi connectivity index (χ1n) is 4.41. The van der Waals surface area contributed by atoms with Gasteiger partial charge >= 0.3 is 0 Å². The minimum Gasteiger partial charge on any atom is -0.317 e. The van der Waals surface area contributed by atoms with Gasteiger partial charge in [0.2, 0.25) is 0 Å². The van der Waals surface area contributed by atoms with Gasteiger partial charge in [-0.2, -0.15) is 0 Å². The van der Waals surface area contributed by atoms with E-state index in [4.69, 9.17) is 0 Å². The van der Waals surface area contributed by atoms with Crippen LogP contribution in [0.1, 0.15) is 18.9 Å². The minimum absolute atomic E-state index is 0.515. The van der Waals surface area contributed by atoms with E-state index in [0.29, 0.717) is 6.04 Å². The lowest BCUT2D eigenvalue weighted by atomic mass is 10.2. The molecule has 1 heterocycles. The van der Waals surface area contributed by atoms with Crippen LogP contribution in [0, 0.1) is 0 Å². The summed E-state index contributed by atoms with van der Waals surface area (Å²) in [6.45, 7) is 2.14. The lowest BCUT2D eigenvalue weighted by molar-refractivity contribution is 0.621. The second-order valence-electron chi connectivity index (χ2n) is 3.00. The van der Waals surface area contributed by atoms with Gasteiger partial charge in [-0.05, 0) is 20.4 Å². The molecule has 0 aliphatic rings. The fourth-order valence-corrected chi connectivity index (χ4v) is 0.923. The van der Waals surface area contributed by atoms with E-state index in [1.54, 1.807) is 12.4 Å². The molecule has 0 saturated heterocycles. The van der Waals surface area contributed by atoms with E-state index in [1.807, 2.05) is 13.1 Å². The van der Waals surface area contributed by atoms with E-state index in [-0.39, 0.29) is 0 Å². The quantitative estimate of drug-likeness (QED) is 0.757. The summed E-state index contributed by atoms with van der Waals surface area (Å²) in [6, 6.07) is 0.515. The fourth-order valence-electron chi connectivity index (χ4n) is 0.923. The van der Waals surface area contributed by atoms with Crippen LogP contribution in [0.15, 0.2) is 24.8 Å². The maximum atomic E-state index is 3.92. The Morgan fingerprint density at radius 3 is 2.77 bits per heavy atom. The third-order valence-electron chi connectivity index (χ3n) is 1.87. The zero-order valence-corrected chi connectivity index (χ0v) is 8.07. The molecular weight excluding hydrogens is 162 g/mol. The summed E-state index contributed by atoms with van der Waals surface area (Å²) in [5.41, 5.74) is 1.05. The molecule has 3 nitrogen and oxygen atoms in total. The molecule has 13 heavy (non-hydrogen) atoms. The molecule has 1 rings (SSSR count). The zero-order valence-electron chi connectivity index (χ0n) is 8.07. The minimum atomic E-state index is 0.515. The molecular formula is C10H15N3. The molecule has 0 spiro atoms. The van der Waals surface area contributed by atoms with Gasteiger partial charge in [0, 0.05) is 24.0 Å². The molecule has 0 aliphatic heterocycles. The van der Waals surface area contributed by atoms with Crippen molar-refractivity contribution in [2.24, 2.45) is 0 Å². The van der Waals surface area contributed by atoms with Crippen LogP contribution in [0.3, 0.4) is 0 Å². The van der Waals surface area contributed by atoms with Crippen LogP contribution in [-0.4, -0.2) is 23.1 Å². The number of hydrogen-bond acceptors (Lipinski definition) is 3. The SMILES string of the molecule is CN[C@@H](C)C/C=C/c1cncnc1. The van der Waals surface area contributed by atoms with Gasteiger partial charge in [-0.1, -0.05) is 12.2 Å². The van der Waals surface area contributed by atoms with Gasteiger partial charge in [-0.25, -0.2) is 9.97 Å². The standard InChI is InChI=1S/C10H15N3/c1-9(11-2)4-3-5-10-6-12-8-13-7-10/h3,5-9,11H,4H2,1-2H3/b5-3+/t9-/m0/s1. The van der Waals surface area contributed by atoms with Crippen LogP contribution in [0.5, 0.6) is 0 Å². The summed E-state index contributed by atoms with van der Waals surface area (Å²) in [7, 11) is 1.96. The Labute approximate surface area is 78.9 Å². The van der Waals surface area contributed by atoms with E-state index in [0.717, 1.165) is 12.0 Å². The average molecular weight is 177 g/mol.